The lowest BCUT2D eigenvalue weighted by Gasteiger charge is -2.38. The van der Waals surface area contributed by atoms with Gasteiger partial charge in [-0.05, 0) is 54.8 Å². The van der Waals surface area contributed by atoms with Crippen molar-refractivity contribution >= 4 is 23.2 Å². The normalized spacial score (nSPS) is 15.2. The first kappa shape index (κ1) is 21.6. The van der Waals surface area contributed by atoms with E-state index < -0.39 is 11.8 Å². The number of carbonyl (C=O) groups is 2. The molecule has 2 aromatic rings. The van der Waals surface area contributed by atoms with E-state index in [0.29, 0.717) is 25.4 Å². The molecular weight excluding hydrogens is 382 g/mol. The van der Waals surface area contributed by atoms with Gasteiger partial charge in [0.15, 0.2) is 0 Å². The van der Waals surface area contributed by atoms with Gasteiger partial charge in [-0.3, -0.25) is 9.59 Å². The van der Waals surface area contributed by atoms with Gasteiger partial charge in [-0.1, -0.05) is 12.1 Å². The summed E-state index contributed by atoms with van der Waals surface area (Å²) in [4.78, 5) is 26.8. The van der Waals surface area contributed by atoms with Crippen LogP contribution in [0, 0.1) is 0 Å². The maximum absolute atomic E-state index is 12.5. The summed E-state index contributed by atoms with van der Waals surface area (Å²) in [5, 5.41) is 5.48. The van der Waals surface area contributed by atoms with Crippen molar-refractivity contribution in [3.05, 3.63) is 54.1 Å². The average Bonchev–Trinajstić information content (AvgIpc) is 2.78. The van der Waals surface area contributed by atoms with Crippen molar-refractivity contribution in [3.8, 4) is 5.75 Å². The Hall–Kier alpha value is -3.06. The van der Waals surface area contributed by atoms with Gasteiger partial charge in [0.05, 0.1) is 7.11 Å². The predicted molar refractivity (Wildman–Crippen MR) is 117 cm³/mol. The number of anilines is 2. The Morgan fingerprint density at radius 1 is 1.00 bits per heavy atom. The topological polar surface area (TPSA) is 79.9 Å². The van der Waals surface area contributed by atoms with Gasteiger partial charge in [-0.25, -0.2) is 0 Å². The summed E-state index contributed by atoms with van der Waals surface area (Å²) in [7, 11) is 5.51. The molecule has 7 heteroatoms. The molecule has 160 valence electrons. The maximum atomic E-state index is 12.5. The third-order valence-corrected chi connectivity index (χ3v) is 5.59. The Labute approximate surface area is 177 Å². The molecule has 0 aromatic heterocycles. The Balaban J connectivity index is 1.64. The van der Waals surface area contributed by atoms with Gasteiger partial charge in [-0.15, -0.1) is 0 Å². The molecule has 0 atom stereocenters. The Morgan fingerprint density at radius 2 is 1.63 bits per heavy atom. The van der Waals surface area contributed by atoms with Gasteiger partial charge in [0.1, 0.15) is 5.75 Å². The maximum Gasteiger partial charge on any atom is 0.313 e. The van der Waals surface area contributed by atoms with E-state index in [2.05, 4.69) is 10.6 Å². The van der Waals surface area contributed by atoms with E-state index in [1.807, 2.05) is 55.4 Å². The SMILES string of the molecule is COc1ccc(C2(CNC(=O)C(=O)Nc3ccc(N(C)C)cc3)CCOCC2)cc1. The second-order valence-corrected chi connectivity index (χ2v) is 7.70. The van der Waals surface area contributed by atoms with Crippen molar-refractivity contribution in [1.82, 2.24) is 5.32 Å². The smallest absolute Gasteiger partial charge is 0.313 e. The number of hydrogen-bond acceptors (Lipinski definition) is 5. The molecule has 1 heterocycles. The minimum absolute atomic E-state index is 0.270. The zero-order valence-electron chi connectivity index (χ0n) is 17.7. The van der Waals surface area contributed by atoms with Crippen molar-refractivity contribution in [2.75, 3.05) is 51.2 Å². The Morgan fingerprint density at radius 3 is 2.20 bits per heavy atom. The van der Waals surface area contributed by atoms with Gasteiger partial charge in [0.2, 0.25) is 0 Å². The highest BCUT2D eigenvalue weighted by molar-refractivity contribution is 6.39. The van der Waals surface area contributed by atoms with Crippen LogP contribution in [0.15, 0.2) is 48.5 Å². The molecule has 2 N–H and O–H groups in total. The number of nitrogens with zero attached hydrogens (tertiary/aromatic N) is 1. The Bertz CT molecular complexity index is 857. The van der Waals surface area contributed by atoms with Crippen LogP contribution in [0.4, 0.5) is 11.4 Å². The molecule has 0 aliphatic carbocycles. The molecule has 7 nitrogen and oxygen atoms in total. The molecule has 0 spiro atoms. The van der Waals surface area contributed by atoms with Crippen LogP contribution in [-0.2, 0) is 19.7 Å². The first-order valence-corrected chi connectivity index (χ1v) is 10.0. The second-order valence-electron chi connectivity index (χ2n) is 7.70. The summed E-state index contributed by atoms with van der Waals surface area (Å²) >= 11 is 0. The molecule has 3 rings (SSSR count). The monoisotopic (exact) mass is 411 g/mol. The van der Waals surface area contributed by atoms with E-state index in [9.17, 15) is 9.59 Å². The van der Waals surface area contributed by atoms with Crippen LogP contribution in [0.3, 0.4) is 0 Å². The van der Waals surface area contributed by atoms with Crippen LogP contribution in [-0.4, -0.2) is 52.8 Å². The third-order valence-electron chi connectivity index (χ3n) is 5.59. The standard InChI is InChI=1S/C23H29N3O4/c1-26(2)19-8-6-18(7-9-19)25-22(28)21(27)24-16-23(12-14-30-15-13-23)17-4-10-20(29-3)11-5-17/h4-11H,12-16H2,1-3H3,(H,24,27)(H,25,28). The summed E-state index contributed by atoms with van der Waals surface area (Å²) in [5.74, 6) is -0.541. The van der Waals surface area contributed by atoms with E-state index in [1.165, 1.54) is 0 Å². The Kier molecular flexibility index (Phi) is 6.95. The lowest BCUT2D eigenvalue weighted by Crippen LogP contribution is -2.47. The minimum atomic E-state index is -0.676. The summed E-state index contributed by atoms with van der Waals surface area (Å²) in [5.41, 5.74) is 2.43. The molecule has 1 aliphatic rings. The van der Waals surface area contributed by atoms with Crippen LogP contribution >= 0.6 is 0 Å². The number of nitrogens with one attached hydrogen (secondary N) is 2. The molecule has 1 fully saturated rings. The quantitative estimate of drug-likeness (QED) is 0.715. The largest absolute Gasteiger partial charge is 0.497 e. The number of methoxy groups -OCH3 is 1. The number of ether oxygens (including phenoxy) is 2. The molecule has 2 aromatic carbocycles. The van der Waals surface area contributed by atoms with Crippen LogP contribution < -0.4 is 20.3 Å². The second kappa shape index (κ2) is 9.63. The number of hydrogen-bond donors (Lipinski definition) is 2. The number of benzene rings is 2. The van der Waals surface area contributed by atoms with Crippen LogP contribution in [0.2, 0.25) is 0 Å². The average molecular weight is 412 g/mol. The lowest BCUT2D eigenvalue weighted by atomic mass is 9.74. The number of carbonyl (C=O) groups excluding carboxylic acids is 2. The van der Waals surface area contributed by atoms with Crippen molar-refractivity contribution in [2.45, 2.75) is 18.3 Å². The highest BCUT2D eigenvalue weighted by atomic mass is 16.5. The minimum Gasteiger partial charge on any atom is -0.497 e. The van der Waals surface area contributed by atoms with Crippen molar-refractivity contribution in [1.29, 1.82) is 0 Å². The van der Waals surface area contributed by atoms with Gasteiger partial charge >= 0.3 is 11.8 Å². The predicted octanol–water partition coefficient (Wildman–Crippen LogP) is 2.56. The lowest BCUT2D eigenvalue weighted by molar-refractivity contribution is -0.136. The molecule has 0 saturated carbocycles. The van der Waals surface area contributed by atoms with Crippen LogP contribution in [0.5, 0.6) is 5.75 Å². The summed E-state index contributed by atoms with van der Waals surface area (Å²) in [6.45, 7) is 1.60. The molecule has 1 aliphatic heterocycles. The highest BCUT2D eigenvalue weighted by Gasteiger charge is 2.35. The number of rotatable bonds is 6. The van der Waals surface area contributed by atoms with Gasteiger partial charge in [-0.2, -0.15) is 0 Å². The van der Waals surface area contributed by atoms with E-state index in [-0.39, 0.29) is 5.41 Å². The molecule has 0 radical (unpaired) electrons. The van der Waals surface area contributed by atoms with Gasteiger partial charge < -0.3 is 25.0 Å². The molecule has 1 saturated heterocycles. The summed E-state index contributed by atoms with van der Waals surface area (Å²) < 4.78 is 10.8. The fourth-order valence-electron chi connectivity index (χ4n) is 3.63. The van der Waals surface area contributed by atoms with Gasteiger partial charge in [0, 0.05) is 50.6 Å². The summed E-state index contributed by atoms with van der Waals surface area (Å²) in [6.07, 6.45) is 1.54. The molecule has 30 heavy (non-hydrogen) atoms. The van der Waals surface area contributed by atoms with Gasteiger partial charge in [0.25, 0.3) is 0 Å². The third kappa shape index (κ3) is 5.10. The fraction of sp³-hybridized carbons (Fsp3) is 0.391. The van der Waals surface area contributed by atoms with Crippen molar-refractivity contribution < 1.29 is 19.1 Å². The van der Waals surface area contributed by atoms with Crippen molar-refractivity contribution in [2.24, 2.45) is 0 Å². The van der Waals surface area contributed by atoms with Crippen LogP contribution in [0.25, 0.3) is 0 Å². The molecular formula is C23H29N3O4. The highest BCUT2D eigenvalue weighted by Crippen LogP contribution is 2.35. The number of amides is 2. The van der Waals surface area contributed by atoms with E-state index >= 15 is 0 Å². The first-order valence-electron chi connectivity index (χ1n) is 10.0. The van der Waals surface area contributed by atoms with E-state index in [0.717, 1.165) is 29.8 Å². The zero-order valence-corrected chi connectivity index (χ0v) is 17.7. The summed E-state index contributed by atoms with van der Waals surface area (Å²) in [6, 6.07) is 15.2. The van der Waals surface area contributed by atoms with Crippen LogP contribution in [0.1, 0.15) is 18.4 Å². The first-order chi connectivity index (χ1) is 14.4. The molecule has 2 amide bonds. The molecule has 0 unspecified atom stereocenters. The fourth-order valence-corrected chi connectivity index (χ4v) is 3.63. The van der Waals surface area contributed by atoms with E-state index in [1.54, 1.807) is 19.2 Å². The zero-order chi connectivity index (χ0) is 21.6. The van der Waals surface area contributed by atoms with E-state index in [4.69, 9.17) is 9.47 Å². The molecule has 0 bridgehead atoms. The van der Waals surface area contributed by atoms with Crippen molar-refractivity contribution in [3.63, 3.8) is 0 Å².